The van der Waals surface area contributed by atoms with E-state index < -0.39 is 0 Å². The molecule has 0 saturated carbocycles. The number of carbonyl (C=O) groups excluding carboxylic acids is 1. The molecule has 1 atom stereocenters. The molecule has 4 nitrogen and oxygen atoms in total. The minimum atomic E-state index is -0.0440. The van der Waals surface area contributed by atoms with Crippen LogP contribution in [0.15, 0.2) is 78.9 Å². The first-order valence-corrected chi connectivity index (χ1v) is 10.6. The molecule has 1 unspecified atom stereocenters. The van der Waals surface area contributed by atoms with Crippen LogP contribution in [0, 0.1) is 0 Å². The van der Waals surface area contributed by atoms with Crippen molar-refractivity contribution in [3.05, 3.63) is 90.0 Å². The molecule has 4 heteroatoms. The zero-order valence-corrected chi connectivity index (χ0v) is 17.4. The van der Waals surface area contributed by atoms with E-state index in [1.807, 2.05) is 49.4 Å². The summed E-state index contributed by atoms with van der Waals surface area (Å²) in [6, 6.07) is 26.1. The molecule has 0 spiro atoms. The fourth-order valence-corrected chi connectivity index (χ4v) is 3.79. The zero-order valence-electron chi connectivity index (χ0n) is 17.4. The van der Waals surface area contributed by atoms with Gasteiger partial charge in [-0.05, 0) is 60.7 Å². The lowest BCUT2D eigenvalue weighted by Gasteiger charge is -2.24. The van der Waals surface area contributed by atoms with Gasteiger partial charge in [0.25, 0.3) is 5.91 Å². The predicted octanol–water partition coefficient (Wildman–Crippen LogP) is 5.10. The van der Waals surface area contributed by atoms with Crippen LogP contribution < -0.4 is 10.1 Å². The first-order valence-electron chi connectivity index (χ1n) is 10.6. The molecule has 1 saturated heterocycles. The highest BCUT2D eigenvalue weighted by molar-refractivity contribution is 5.94. The predicted molar refractivity (Wildman–Crippen MR) is 120 cm³/mol. The van der Waals surface area contributed by atoms with Gasteiger partial charge in [0.05, 0.1) is 6.17 Å². The minimum Gasteiger partial charge on any atom is -0.489 e. The van der Waals surface area contributed by atoms with Crippen LogP contribution in [0.25, 0.3) is 11.1 Å². The Morgan fingerprint density at radius 3 is 2.20 bits per heavy atom. The lowest BCUT2D eigenvalue weighted by molar-refractivity contribution is 0.0885. The summed E-state index contributed by atoms with van der Waals surface area (Å²) in [6.45, 7) is 4.65. The number of hydrogen-bond donors (Lipinski definition) is 1. The van der Waals surface area contributed by atoms with Crippen molar-refractivity contribution < 1.29 is 9.53 Å². The smallest absolute Gasteiger partial charge is 0.252 e. The highest BCUT2D eigenvalue weighted by atomic mass is 16.5. The van der Waals surface area contributed by atoms with E-state index in [9.17, 15) is 4.79 Å². The van der Waals surface area contributed by atoms with Gasteiger partial charge in [-0.25, -0.2) is 0 Å². The summed E-state index contributed by atoms with van der Waals surface area (Å²) in [4.78, 5) is 14.8. The van der Waals surface area contributed by atoms with E-state index in [-0.39, 0.29) is 12.1 Å². The number of amides is 1. The highest BCUT2D eigenvalue weighted by Crippen LogP contribution is 2.20. The number of nitrogens with zero attached hydrogens (tertiary/aromatic N) is 1. The van der Waals surface area contributed by atoms with Crippen molar-refractivity contribution in [3.63, 3.8) is 0 Å². The molecule has 0 bridgehead atoms. The van der Waals surface area contributed by atoms with E-state index in [2.05, 4.69) is 46.6 Å². The number of ether oxygens (including phenoxy) is 1. The number of rotatable bonds is 7. The fourth-order valence-electron chi connectivity index (χ4n) is 3.79. The lowest BCUT2D eigenvalue weighted by Crippen LogP contribution is -2.44. The lowest BCUT2D eigenvalue weighted by atomic mass is 10.0. The topological polar surface area (TPSA) is 41.6 Å². The van der Waals surface area contributed by atoms with Crippen molar-refractivity contribution in [2.24, 2.45) is 0 Å². The van der Waals surface area contributed by atoms with Gasteiger partial charge in [0.2, 0.25) is 0 Å². The maximum Gasteiger partial charge on any atom is 0.252 e. The van der Waals surface area contributed by atoms with Crippen LogP contribution >= 0.6 is 0 Å². The Bertz CT molecular complexity index is 947. The molecule has 154 valence electrons. The molecule has 3 aromatic rings. The van der Waals surface area contributed by atoms with Gasteiger partial charge in [-0.3, -0.25) is 9.69 Å². The maximum atomic E-state index is 12.5. The molecule has 3 aromatic carbocycles. The Hall–Kier alpha value is -3.11. The van der Waals surface area contributed by atoms with Crippen molar-refractivity contribution in [2.75, 3.05) is 13.1 Å². The van der Waals surface area contributed by atoms with Crippen LogP contribution in [0.1, 0.15) is 35.7 Å². The van der Waals surface area contributed by atoms with Crippen LogP contribution in [0.5, 0.6) is 5.75 Å². The molecule has 1 heterocycles. The van der Waals surface area contributed by atoms with Gasteiger partial charge in [0.15, 0.2) is 0 Å². The van der Waals surface area contributed by atoms with Crippen LogP contribution in [0.4, 0.5) is 0 Å². The fraction of sp³-hybridized carbons (Fsp3) is 0.269. The molecular weight excluding hydrogens is 372 g/mol. The molecule has 1 amide bonds. The Kier molecular flexibility index (Phi) is 6.45. The Balaban J connectivity index is 1.29. The first-order chi connectivity index (χ1) is 14.7. The van der Waals surface area contributed by atoms with Crippen LogP contribution in [-0.2, 0) is 6.61 Å². The van der Waals surface area contributed by atoms with Gasteiger partial charge in [0, 0.05) is 18.7 Å². The summed E-state index contributed by atoms with van der Waals surface area (Å²) in [6.07, 6.45) is 2.48. The quantitative estimate of drug-likeness (QED) is 0.600. The second-order valence-corrected chi connectivity index (χ2v) is 7.77. The third kappa shape index (κ3) is 5.08. The summed E-state index contributed by atoms with van der Waals surface area (Å²) in [5, 5.41) is 3.08. The van der Waals surface area contributed by atoms with Crippen molar-refractivity contribution in [3.8, 4) is 16.9 Å². The number of nitrogens with one attached hydrogen (secondary N) is 1. The third-order valence-corrected chi connectivity index (χ3v) is 5.61. The van der Waals surface area contributed by atoms with Crippen molar-refractivity contribution in [2.45, 2.75) is 32.5 Å². The van der Waals surface area contributed by atoms with E-state index >= 15 is 0 Å². The van der Waals surface area contributed by atoms with Gasteiger partial charge in [-0.1, -0.05) is 54.6 Å². The highest BCUT2D eigenvalue weighted by Gasteiger charge is 2.19. The van der Waals surface area contributed by atoms with Crippen molar-refractivity contribution in [1.82, 2.24) is 10.2 Å². The number of carbonyl (C=O) groups is 1. The second-order valence-electron chi connectivity index (χ2n) is 7.77. The van der Waals surface area contributed by atoms with Gasteiger partial charge in [-0.15, -0.1) is 0 Å². The molecule has 30 heavy (non-hydrogen) atoms. The normalized spacial score (nSPS) is 15.0. The van der Waals surface area contributed by atoms with E-state index in [1.165, 1.54) is 24.0 Å². The van der Waals surface area contributed by atoms with Crippen molar-refractivity contribution in [1.29, 1.82) is 0 Å². The maximum absolute atomic E-state index is 12.5. The number of likely N-dealkylation sites (tertiary alicyclic amines) is 1. The van der Waals surface area contributed by atoms with Crippen LogP contribution in [-0.4, -0.2) is 30.1 Å². The molecule has 1 aliphatic rings. The Labute approximate surface area is 178 Å². The minimum absolute atomic E-state index is 0.0440. The van der Waals surface area contributed by atoms with Gasteiger partial charge < -0.3 is 10.1 Å². The standard InChI is InChI=1S/C26H28N2O2/c1-20(28-17-5-6-18-28)27-26(29)24-13-15-25(16-14-24)30-19-21-9-11-23(12-10-21)22-7-3-2-4-8-22/h2-4,7-16,20H,5-6,17-19H2,1H3,(H,27,29). The Morgan fingerprint density at radius 2 is 1.53 bits per heavy atom. The molecule has 4 rings (SSSR count). The summed E-state index contributed by atoms with van der Waals surface area (Å²) in [5.74, 6) is 0.712. The molecule has 0 aliphatic carbocycles. The zero-order chi connectivity index (χ0) is 20.8. The average Bonchev–Trinajstić information content (AvgIpc) is 3.34. The summed E-state index contributed by atoms with van der Waals surface area (Å²) < 4.78 is 5.89. The summed E-state index contributed by atoms with van der Waals surface area (Å²) in [7, 11) is 0. The molecule has 1 aliphatic heterocycles. The van der Waals surface area contributed by atoms with Gasteiger partial charge in [-0.2, -0.15) is 0 Å². The molecule has 1 fully saturated rings. The van der Waals surface area contributed by atoms with Crippen LogP contribution in [0.2, 0.25) is 0 Å². The molecule has 1 N–H and O–H groups in total. The van der Waals surface area contributed by atoms with Gasteiger partial charge >= 0.3 is 0 Å². The monoisotopic (exact) mass is 400 g/mol. The van der Waals surface area contributed by atoms with Gasteiger partial charge in [0.1, 0.15) is 12.4 Å². The molecular formula is C26H28N2O2. The SMILES string of the molecule is CC(NC(=O)c1ccc(OCc2ccc(-c3ccccc3)cc2)cc1)N1CCCC1. The van der Waals surface area contributed by atoms with Crippen molar-refractivity contribution >= 4 is 5.91 Å². The summed E-state index contributed by atoms with van der Waals surface area (Å²) in [5.41, 5.74) is 4.16. The largest absolute Gasteiger partial charge is 0.489 e. The summed E-state index contributed by atoms with van der Waals surface area (Å²) >= 11 is 0. The van der Waals surface area contributed by atoms with E-state index in [0.717, 1.165) is 24.4 Å². The van der Waals surface area contributed by atoms with E-state index in [4.69, 9.17) is 4.74 Å². The molecule has 0 radical (unpaired) electrons. The number of hydrogen-bond acceptors (Lipinski definition) is 3. The Morgan fingerprint density at radius 1 is 0.900 bits per heavy atom. The first kappa shape index (κ1) is 20.2. The third-order valence-electron chi connectivity index (χ3n) is 5.61. The molecule has 0 aromatic heterocycles. The van der Waals surface area contributed by atoms with Crippen LogP contribution in [0.3, 0.4) is 0 Å². The average molecular weight is 401 g/mol. The second kappa shape index (κ2) is 9.59. The van der Waals surface area contributed by atoms with E-state index in [0.29, 0.717) is 12.2 Å². The number of benzene rings is 3. The van der Waals surface area contributed by atoms with E-state index in [1.54, 1.807) is 0 Å².